The number of rotatable bonds is 3. The number of nitrogens with two attached hydrogens (primary N) is 1. The second kappa shape index (κ2) is 5.81. The molecule has 1 saturated heterocycles. The van der Waals surface area contributed by atoms with Gasteiger partial charge in [0.15, 0.2) is 0 Å². The van der Waals surface area contributed by atoms with Crippen molar-refractivity contribution in [2.24, 2.45) is 5.92 Å². The minimum absolute atomic E-state index is 0.0636. The van der Waals surface area contributed by atoms with Crippen LogP contribution < -0.4 is 10.6 Å². The molecular weight excluding hydrogens is 246 g/mol. The fourth-order valence-corrected chi connectivity index (χ4v) is 2.45. The lowest BCUT2D eigenvalue weighted by atomic mass is 9.98. The molecule has 0 radical (unpaired) electrons. The van der Waals surface area contributed by atoms with Gasteiger partial charge in [0.05, 0.1) is 4.92 Å². The maximum absolute atomic E-state index is 10.7. The van der Waals surface area contributed by atoms with E-state index < -0.39 is 4.92 Å². The van der Waals surface area contributed by atoms with Gasteiger partial charge in [0.2, 0.25) is 11.8 Å². The van der Waals surface area contributed by atoms with Gasteiger partial charge in [0.1, 0.15) is 6.20 Å². The Morgan fingerprint density at radius 2 is 2.32 bits per heavy atom. The highest BCUT2D eigenvalue weighted by atomic mass is 16.6. The highest BCUT2D eigenvalue weighted by Crippen LogP contribution is 2.25. The van der Waals surface area contributed by atoms with Gasteiger partial charge in [-0.2, -0.15) is 4.98 Å². The summed E-state index contributed by atoms with van der Waals surface area (Å²) < 4.78 is 0. The second-order valence-corrected chi connectivity index (χ2v) is 4.89. The van der Waals surface area contributed by atoms with Gasteiger partial charge in [-0.3, -0.25) is 10.1 Å². The Morgan fingerprint density at radius 3 is 2.95 bits per heavy atom. The number of nitrogen functional groups attached to an aromatic ring is 1. The van der Waals surface area contributed by atoms with Gasteiger partial charge >= 0.3 is 5.69 Å². The summed E-state index contributed by atoms with van der Waals surface area (Å²) in [6.45, 7) is 3.98. The zero-order valence-electron chi connectivity index (χ0n) is 11.1. The molecule has 0 aromatic carbocycles. The summed E-state index contributed by atoms with van der Waals surface area (Å²) >= 11 is 0. The van der Waals surface area contributed by atoms with Crippen LogP contribution in [0.1, 0.15) is 32.6 Å². The van der Waals surface area contributed by atoms with E-state index in [2.05, 4.69) is 21.8 Å². The number of aromatic nitrogens is 2. The Bertz CT molecular complexity index is 465. The molecule has 2 heterocycles. The van der Waals surface area contributed by atoms with Crippen LogP contribution in [-0.4, -0.2) is 28.0 Å². The van der Waals surface area contributed by atoms with Crippen LogP contribution in [0.15, 0.2) is 6.20 Å². The molecule has 1 aliphatic rings. The van der Waals surface area contributed by atoms with Gasteiger partial charge in [-0.05, 0) is 25.2 Å². The molecular formula is C12H19N5O2. The molecule has 1 aliphatic heterocycles. The number of nitro groups is 1. The third kappa shape index (κ3) is 3.10. The van der Waals surface area contributed by atoms with Crippen LogP contribution in [0.5, 0.6) is 0 Å². The Kier molecular flexibility index (Phi) is 4.13. The van der Waals surface area contributed by atoms with Crippen LogP contribution in [-0.2, 0) is 0 Å². The fraction of sp³-hybridized carbons (Fsp3) is 0.667. The zero-order valence-corrected chi connectivity index (χ0v) is 11.1. The summed E-state index contributed by atoms with van der Waals surface area (Å²) in [5.74, 6) is 1.19. The van der Waals surface area contributed by atoms with E-state index in [0.29, 0.717) is 5.95 Å². The molecule has 0 spiro atoms. The Balaban J connectivity index is 2.13. The van der Waals surface area contributed by atoms with E-state index >= 15 is 0 Å². The van der Waals surface area contributed by atoms with E-state index in [-0.39, 0.29) is 11.5 Å². The molecule has 0 unspecified atom stereocenters. The number of hydrogen-bond donors (Lipinski definition) is 1. The van der Waals surface area contributed by atoms with E-state index in [1.165, 1.54) is 19.0 Å². The lowest BCUT2D eigenvalue weighted by Crippen LogP contribution is -2.26. The number of nitrogens with zero attached hydrogens (tertiary/aromatic N) is 4. The molecule has 104 valence electrons. The van der Waals surface area contributed by atoms with Crippen LogP contribution >= 0.6 is 0 Å². The van der Waals surface area contributed by atoms with Crippen LogP contribution in [0.2, 0.25) is 0 Å². The van der Waals surface area contributed by atoms with Crippen molar-refractivity contribution < 1.29 is 4.92 Å². The lowest BCUT2D eigenvalue weighted by molar-refractivity contribution is -0.384. The molecule has 0 amide bonds. The fourth-order valence-electron chi connectivity index (χ4n) is 2.45. The summed E-state index contributed by atoms with van der Waals surface area (Å²) in [6.07, 6.45) is 5.81. The van der Waals surface area contributed by atoms with Crippen molar-refractivity contribution in [3.05, 3.63) is 16.3 Å². The lowest BCUT2D eigenvalue weighted by Gasteiger charge is -2.20. The predicted molar refractivity (Wildman–Crippen MR) is 72.9 cm³/mol. The molecule has 1 aromatic rings. The van der Waals surface area contributed by atoms with Crippen molar-refractivity contribution in [1.29, 1.82) is 0 Å². The van der Waals surface area contributed by atoms with E-state index in [1.54, 1.807) is 0 Å². The summed E-state index contributed by atoms with van der Waals surface area (Å²) in [5.41, 5.74) is 5.37. The largest absolute Gasteiger partial charge is 0.378 e. The van der Waals surface area contributed by atoms with Crippen molar-refractivity contribution in [3.8, 4) is 0 Å². The van der Waals surface area contributed by atoms with Gasteiger partial charge in [0, 0.05) is 13.1 Å². The molecule has 1 fully saturated rings. The van der Waals surface area contributed by atoms with Gasteiger partial charge in [-0.15, -0.1) is 0 Å². The first-order valence-corrected chi connectivity index (χ1v) is 6.63. The monoisotopic (exact) mass is 265 g/mol. The van der Waals surface area contributed by atoms with Crippen molar-refractivity contribution in [2.45, 2.75) is 32.6 Å². The summed E-state index contributed by atoms with van der Waals surface area (Å²) in [6, 6.07) is 0. The average molecular weight is 265 g/mol. The topological polar surface area (TPSA) is 98.2 Å². The Hall–Kier alpha value is -1.92. The quantitative estimate of drug-likeness (QED) is 0.662. The highest BCUT2D eigenvalue weighted by molar-refractivity contribution is 5.53. The Labute approximate surface area is 112 Å². The van der Waals surface area contributed by atoms with E-state index in [0.717, 1.165) is 31.8 Å². The maximum Gasteiger partial charge on any atom is 0.329 e. The van der Waals surface area contributed by atoms with E-state index in [1.807, 2.05) is 0 Å². The first kappa shape index (κ1) is 13.5. The molecule has 1 aromatic heterocycles. The smallest absolute Gasteiger partial charge is 0.329 e. The third-order valence-corrected chi connectivity index (χ3v) is 3.69. The first-order valence-electron chi connectivity index (χ1n) is 6.63. The van der Waals surface area contributed by atoms with Gasteiger partial charge in [-0.25, -0.2) is 4.98 Å². The highest BCUT2D eigenvalue weighted by Gasteiger charge is 2.20. The van der Waals surface area contributed by atoms with Crippen molar-refractivity contribution >= 4 is 17.5 Å². The van der Waals surface area contributed by atoms with Crippen LogP contribution in [0.4, 0.5) is 17.5 Å². The molecule has 7 nitrogen and oxygen atoms in total. The van der Waals surface area contributed by atoms with Crippen LogP contribution in [0.25, 0.3) is 0 Å². The predicted octanol–water partition coefficient (Wildman–Crippen LogP) is 1.98. The normalized spacial score (nSPS) is 20.1. The maximum atomic E-state index is 10.7. The molecule has 7 heteroatoms. The van der Waals surface area contributed by atoms with Gasteiger partial charge in [0.25, 0.3) is 0 Å². The van der Waals surface area contributed by atoms with Crippen LogP contribution in [0, 0.1) is 16.0 Å². The second-order valence-electron chi connectivity index (χ2n) is 4.89. The molecule has 0 saturated carbocycles. The summed E-state index contributed by atoms with van der Waals surface area (Å²) in [7, 11) is 0. The first-order chi connectivity index (χ1) is 9.11. The van der Waals surface area contributed by atoms with Crippen molar-refractivity contribution in [1.82, 2.24) is 9.97 Å². The van der Waals surface area contributed by atoms with Crippen molar-refractivity contribution in [2.75, 3.05) is 23.7 Å². The SMILES string of the molecule is CC[C@@H]1CCCN(c2ncc([N+](=O)[O-])c(N)n2)CC1. The summed E-state index contributed by atoms with van der Waals surface area (Å²) in [4.78, 5) is 20.3. The van der Waals surface area contributed by atoms with Gasteiger partial charge in [-0.1, -0.05) is 13.3 Å². The minimum atomic E-state index is -0.561. The number of anilines is 2. The minimum Gasteiger partial charge on any atom is -0.378 e. The standard InChI is InChI=1S/C12H19N5O2/c1-2-9-4-3-6-16(7-5-9)12-14-8-10(17(18)19)11(13)15-12/h8-9H,2-7H2,1H3,(H2,13,14,15)/t9-/m1/s1. The molecule has 19 heavy (non-hydrogen) atoms. The molecule has 2 N–H and O–H groups in total. The molecule has 2 rings (SSSR count). The van der Waals surface area contributed by atoms with Crippen molar-refractivity contribution in [3.63, 3.8) is 0 Å². The summed E-state index contributed by atoms with van der Waals surface area (Å²) in [5, 5.41) is 10.7. The Morgan fingerprint density at radius 1 is 1.53 bits per heavy atom. The molecule has 1 atom stereocenters. The molecule has 0 bridgehead atoms. The molecule has 0 aliphatic carbocycles. The van der Waals surface area contributed by atoms with Gasteiger partial charge < -0.3 is 10.6 Å². The number of hydrogen-bond acceptors (Lipinski definition) is 6. The zero-order chi connectivity index (χ0) is 13.8. The van der Waals surface area contributed by atoms with Crippen LogP contribution in [0.3, 0.4) is 0 Å². The third-order valence-electron chi connectivity index (χ3n) is 3.69. The van der Waals surface area contributed by atoms with E-state index in [4.69, 9.17) is 5.73 Å². The van der Waals surface area contributed by atoms with E-state index in [9.17, 15) is 10.1 Å². The average Bonchev–Trinajstić information content (AvgIpc) is 2.63.